The third-order valence-corrected chi connectivity index (χ3v) is 7.43. The van der Waals surface area contributed by atoms with E-state index in [0.29, 0.717) is 0 Å². The molecule has 0 radical (unpaired) electrons. The molecule has 0 atom stereocenters. The molecule has 3 heteroatoms. The number of rotatable bonds is 2. The van der Waals surface area contributed by atoms with Gasteiger partial charge in [0.25, 0.3) is 0 Å². The van der Waals surface area contributed by atoms with Crippen LogP contribution in [0.3, 0.4) is 0 Å². The predicted molar refractivity (Wildman–Crippen MR) is 89.6 cm³/mol. The molecule has 2 nitrogen and oxygen atoms in total. The molecule has 2 saturated heterocycles. The first-order valence-electron chi connectivity index (χ1n) is 7.96. The van der Waals surface area contributed by atoms with E-state index in [1.54, 1.807) is 5.30 Å². The van der Waals surface area contributed by atoms with Crippen LogP contribution in [0.1, 0.15) is 18.4 Å². The first kappa shape index (κ1) is 14.5. The summed E-state index contributed by atoms with van der Waals surface area (Å²) in [5, 5.41) is 1.62. The van der Waals surface area contributed by atoms with Crippen molar-refractivity contribution in [2.24, 2.45) is 0 Å². The molecule has 110 valence electrons. The Balaban J connectivity index is 1.53. The summed E-state index contributed by atoms with van der Waals surface area (Å²) in [5.41, 5.74) is 1.38. The lowest BCUT2D eigenvalue weighted by atomic mass is 10.0. The second-order valence-corrected chi connectivity index (χ2v) is 8.88. The monoisotopic (exact) mass is 290 g/mol. The Hall–Kier alpha value is -0.430. The van der Waals surface area contributed by atoms with Crippen molar-refractivity contribution in [3.05, 3.63) is 29.8 Å². The molecule has 0 saturated carbocycles. The van der Waals surface area contributed by atoms with Crippen LogP contribution in [0.15, 0.2) is 24.3 Å². The molecule has 0 aliphatic carbocycles. The van der Waals surface area contributed by atoms with Crippen LogP contribution < -0.4 is 5.30 Å². The van der Waals surface area contributed by atoms with Crippen molar-refractivity contribution in [1.82, 2.24) is 9.80 Å². The van der Waals surface area contributed by atoms with Gasteiger partial charge in [0.15, 0.2) is 0 Å². The van der Waals surface area contributed by atoms with Gasteiger partial charge in [0, 0.05) is 19.1 Å². The fourth-order valence-corrected chi connectivity index (χ4v) is 5.77. The molecular formula is C17H27N2P. The highest BCUT2D eigenvalue weighted by atomic mass is 31.1. The van der Waals surface area contributed by atoms with Crippen LogP contribution in [0.25, 0.3) is 0 Å². The summed E-state index contributed by atoms with van der Waals surface area (Å²) in [7, 11) is 2.37. The molecule has 2 heterocycles. The summed E-state index contributed by atoms with van der Waals surface area (Å²) in [6.45, 7) is 7.41. The lowest BCUT2D eigenvalue weighted by Gasteiger charge is -2.41. The van der Waals surface area contributed by atoms with Gasteiger partial charge in [0.1, 0.15) is 0 Å². The number of hydrogen-bond donors (Lipinski definition) is 0. The van der Waals surface area contributed by atoms with E-state index < -0.39 is 0 Å². The second kappa shape index (κ2) is 6.56. The van der Waals surface area contributed by atoms with Gasteiger partial charge in [-0.2, -0.15) is 0 Å². The SMILES string of the molecule is Cc1ccc(P2CCN(C3CCN(C)CC3)CC2)cc1. The summed E-state index contributed by atoms with van der Waals surface area (Å²) in [4.78, 5) is 5.25. The number of hydrogen-bond acceptors (Lipinski definition) is 2. The molecule has 0 amide bonds. The average molecular weight is 290 g/mol. The first-order chi connectivity index (χ1) is 9.72. The normalized spacial score (nSPS) is 24.1. The molecule has 1 aromatic carbocycles. The van der Waals surface area contributed by atoms with E-state index in [-0.39, 0.29) is 7.92 Å². The van der Waals surface area contributed by atoms with Crippen molar-refractivity contribution in [1.29, 1.82) is 0 Å². The third kappa shape index (κ3) is 3.42. The van der Waals surface area contributed by atoms with Crippen LogP contribution in [-0.4, -0.2) is 61.4 Å². The van der Waals surface area contributed by atoms with Gasteiger partial charge in [-0.1, -0.05) is 37.8 Å². The van der Waals surface area contributed by atoms with Gasteiger partial charge in [0.2, 0.25) is 0 Å². The maximum Gasteiger partial charge on any atom is 0.0120 e. The van der Waals surface area contributed by atoms with Gasteiger partial charge >= 0.3 is 0 Å². The third-order valence-electron chi connectivity index (χ3n) is 4.92. The molecule has 0 aromatic heterocycles. The van der Waals surface area contributed by atoms with E-state index in [4.69, 9.17) is 0 Å². The highest BCUT2D eigenvalue weighted by molar-refractivity contribution is 7.65. The summed E-state index contributed by atoms with van der Waals surface area (Å²) >= 11 is 0. The van der Waals surface area contributed by atoms with Gasteiger partial charge in [-0.3, -0.25) is 4.90 Å². The number of nitrogens with zero attached hydrogens (tertiary/aromatic N) is 2. The van der Waals surface area contributed by atoms with Crippen molar-refractivity contribution in [2.75, 3.05) is 45.6 Å². The topological polar surface area (TPSA) is 6.48 Å². The van der Waals surface area contributed by atoms with Gasteiger partial charge in [0.05, 0.1) is 0 Å². The van der Waals surface area contributed by atoms with Crippen LogP contribution in [0.2, 0.25) is 0 Å². The minimum Gasteiger partial charge on any atom is -0.306 e. The zero-order valence-electron chi connectivity index (χ0n) is 12.9. The van der Waals surface area contributed by atoms with Crippen LogP contribution in [0, 0.1) is 6.92 Å². The molecule has 2 aliphatic heterocycles. The van der Waals surface area contributed by atoms with E-state index in [1.165, 1.54) is 56.9 Å². The molecule has 0 bridgehead atoms. The minimum atomic E-state index is 0.112. The summed E-state index contributed by atoms with van der Waals surface area (Å²) < 4.78 is 0. The standard InChI is InChI=1S/C17H27N2P/c1-15-3-5-17(6-4-15)20-13-11-19(12-14-20)16-7-9-18(2)10-8-16/h3-6,16H,7-14H2,1-2H3. The van der Waals surface area contributed by atoms with Crippen molar-refractivity contribution < 1.29 is 0 Å². The van der Waals surface area contributed by atoms with E-state index in [0.717, 1.165) is 6.04 Å². The largest absolute Gasteiger partial charge is 0.306 e. The Morgan fingerprint density at radius 2 is 1.55 bits per heavy atom. The van der Waals surface area contributed by atoms with Crippen molar-refractivity contribution in [2.45, 2.75) is 25.8 Å². The maximum atomic E-state index is 2.78. The number of likely N-dealkylation sites (tertiary alicyclic amines) is 1. The fraction of sp³-hybridized carbons (Fsp3) is 0.647. The minimum absolute atomic E-state index is 0.112. The Kier molecular flexibility index (Phi) is 4.75. The quantitative estimate of drug-likeness (QED) is 0.772. The summed E-state index contributed by atoms with van der Waals surface area (Å²) in [6.07, 6.45) is 5.56. The van der Waals surface area contributed by atoms with Crippen LogP contribution in [0.4, 0.5) is 0 Å². The summed E-state index contributed by atoms with van der Waals surface area (Å²) in [6, 6.07) is 10.2. The lowest BCUT2D eigenvalue weighted by Crippen LogP contribution is -2.47. The van der Waals surface area contributed by atoms with Crippen LogP contribution in [0.5, 0.6) is 0 Å². The van der Waals surface area contributed by atoms with Crippen molar-refractivity contribution in [3.8, 4) is 0 Å². The molecule has 20 heavy (non-hydrogen) atoms. The van der Waals surface area contributed by atoms with E-state index in [9.17, 15) is 0 Å². The van der Waals surface area contributed by atoms with E-state index in [2.05, 4.69) is 48.0 Å². The first-order valence-corrected chi connectivity index (χ1v) is 9.68. The Labute approximate surface area is 124 Å². The number of benzene rings is 1. The molecule has 2 aliphatic rings. The zero-order valence-corrected chi connectivity index (χ0v) is 13.8. The van der Waals surface area contributed by atoms with Gasteiger partial charge < -0.3 is 4.90 Å². The second-order valence-electron chi connectivity index (χ2n) is 6.39. The predicted octanol–water partition coefficient (Wildman–Crippen LogP) is 2.51. The van der Waals surface area contributed by atoms with E-state index >= 15 is 0 Å². The van der Waals surface area contributed by atoms with Gasteiger partial charge in [-0.25, -0.2) is 0 Å². The molecule has 0 N–H and O–H groups in total. The molecule has 0 unspecified atom stereocenters. The average Bonchev–Trinajstić information content (AvgIpc) is 2.49. The number of aryl methyl sites for hydroxylation is 1. The smallest absolute Gasteiger partial charge is 0.0120 e. The highest BCUT2D eigenvalue weighted by Crippen LogP contribution is 2.38. The van der Waals surface area contributed by atoms with Crippen molar-refractivity contribution in [3.63, 3.8) is 0 Å². The molecule has 1 aromatic rings. The Morgan fingerprint density at radius 3 is 2.15 bits per heavy atom. The molecule has 0 spiro atoms. The maximum absolute atomic E-state index is 2.78. The van der Waals surface area contributed by atoms with E-state index in [1.807, 2.05) is 0 Å². The van der Waals surface area contributed by atoms with Gasteiger partial charge in [-0.05, 0) is 57.5 Å². The van der Waals surface area contributed by atoms with Gasteiger partial charge in [-0.15, -0.1) is 0 Å². The summed E-state index contributed by atoms with van der Waals surface area (Å²) in [5.74, 6) is 0. The zero-order chi connectivity index (χ0) is 13.9. The van der Waals surface area contributed by atoms with Crippen molar-refractivity contribution >= 4 is 13.2 Å². The molecule has 2 fully saturated rings. The lowest BCUT2D eigenvalue weighted by molar-refractivity contribution is 0.130. The molecular weight excluding hydrogens is 263 g/mol. The Morgan fingerprint density at radius 1 is 0.950 bits per heavy atom. The van der Waals surface area contributed by atoms with Crippen LogP contribution >= 0.6 is 7.92 Å². The molecule has 3 rings (SSSR count). The van der Waals surface area contributed by atoms with Crippen LogP contribution in [-0.2, 0) is 0 Å². The number of piperidine rings is 1. The fourth-order valence-electron chi connectivity index (χ4n) is 3.46. The highest BCUT2D eigenvalue weighted by Gasteiger charge is 2.27. The Bertz CT molecular complexity index is 415.